The normalized spacial score (nSPS) is 12.7. The molecule has 0 spiro atoms. The zero-order valence-corrected chi connectivity index (χ0v) is 9.01. The molecule has 0 aromatic carbocycles. The lowest BCUT2D eigenvalue weighted by atomic mass is 10.2. The van der Waals surface area contributed by atoms with Gasteiger partial charge in [0.1, 0.15) is 0 Å². The fraction of sp³-hybridized carbons (Fsp3) is 0.600. The zero-order valence-electron chi connectivity index (χ0n) is 9.01. The van der Waals surface area contributed by atoms with E-state index in [0.717, 1.165) is 0 Å². The summed E-state index contributed by atoms with van der Waals surface area (Å²) in [6.45, 7) is 4.46. The highest BCUT2D eigenvalue weighted by atomic mass is 16.2. The van der Waals surface area contributed by atoms with Crippen LogP contribution in [0.4, 0.5) is 0 Å². The predicted molar refractivity (Wildman–Crippen MR) is 57.1 cm³/mol. The fourth-order valence-corrected chi connectivity index (χ4v) is 0.856. The first-order chi connectivity index (χ1) is 6.20. The Balaban J connectivity index is 0. The highest BCUT2D eigenvalue weighted by Crippen LogP contribution is 1.95. The van der Waals surface area contributed by atoms with Crippen LogP contribution < -0.4 is 11.5 Å². The van der Waals surface area contributed by atoms with Gasteiger partial charge in [0, 0.05) is 12.2 Å². The van der Waals surface area contributed by atoms with Crippen molar-refractivity contribution in [3.63, 3.8) is 0 Å². The van der Waals surface area contributed by atoms with E-state index in [1.54, 1.807) is 0 Å². The molecule has 4 nitrogen and oxygen atoms in total. The van der Waals surface area contributed by atoms with Gasteiger partial charge in [0.05, 0.1) is 0 Å². The van der Waals surface area contributed by atoms with Gasteiger partial charge in [-0.15, -0.1) is 0 Å². The Kier molecular flexibility index (Phi) is 10.9. The summed E-state index contributed by atoms with van der Waals surface area (Å²) in [5.41, 5.74) is 0. The molecule has 0 aliphatic carbocycles. The molecule has 1 aliphatic heterocycles. The summed E-state index contributed by atoms with van der Waals surface area (Å²) in [7, 11) is 0. The van der Waals surface area contributed by atoms with Gasteiger partial charge < -0.3 is 6.15 Å². The fourth-order valence-electron chi connectivity index (χ4n) is 0.856. The second-order valence-electron chi connectivity index (χ2n) is 2.89. The van der Waals surface area contributed by atoms with E-state index in [9.17, 15) is 9.59 Å². The van der Waals surface area contributed by atoms with Gasteiger partial charge in [-0.1, -0.05) is 39.5 Å². The third-order valence-electron chi connectivity index (χ3n) is 1.59. The smallest absolute Gasteiger partial charge is 0.250 e. The zero-order chi connectivity index (χ0) is 10.1. The molecule has 0 unspecified atom stereocenters. The molecule has 4 N–H and O–H groups in total. The molecule has 4 heteroatoms. The number of carbonyl (C=O) groups is 2. The largest absolute Gasteiger partial charge is 0.344 e. The number of rotatable bonds is 3. The van der Waals surface area contributed by atoms with Crippen molar-refractivity contribution in [3.8, 4) is 0 Å². The second kappa shape index (κ2) is 9.92. The predicted octanol–water partition coefficient (Wildman–Crippen LogP) is 1.95. The molecule has 0 radical (unpaired) electrons. The Morgan fingerprint density at radius 1 is 1.00 bits per heavy atom. The minimum absolute atomic E-state index is 0. The molecule has 1 rings (SSSR count). The molecule has 0 fully saturated rings. The van der Waals surface area contributed by atoms with E-state index in [4.69, 9.17) is 0 Å². The minimum Gasteiger partial charge on any atom is -0.344 e. The second-order valence-corrected chi connectivity index (χ2v) is 2.89. The third kappa shape index (κ3) is 8.93. The van der Waals surface area contributed by atoms with Crippen LogP contribution in [0.3, 0.4) is 0 Å². The lowest BCUT2D eigenvalue weighted by Crippen LogP contribution is -2.19. The van der Waals surface area contributed by atoms with Crippen molar-refractivity contribution in [1.82, 2.24) is 11.5 Å². The van der Waals surface area contributed by atoms with Gasteiger partial charge >= 0.3 is 0 Å². The van der Waals surface area contributed by atoms with Crippen molar-refractivity contribution >= 4 is 11.8 Å². The van der Waals surface area contributed by atoms with Crippen LogP contribution in [0.5, 0.6) is 0 Å². The van der Waals surface area contributed by atoms with E-state index in [2.05, 4.69) is 13.8 Å². The highest BCUT2D eigenvalue weighted by molar-refractivity contribution is 6.12. The van der Waals surface area contributed by atoms with E-state index in [0.29, 0.717) is 0 Å². The molecule has 1 heterocycles. The van der Waals surface area contributed by atoms with E-state index >= 15 is 0 Å². The molecular weight excluding hydrogens is 180 g/mol. The average Bonchev–Trinajstić information content (AvgIpc) is 2.47. The van der Waals surface area contributed by atoms with Crippen molar-refractivity contribution in [1.29, 1.82) is 0 Å². The molecule has 0 bridgehead atoms. The van der Waals surface area contributed by atoms with Crippen LogP contribution in [0, 0.1) is 0 Å². The van der Waals surface area contributed by atoms with Crippen LogP contribution in [0.1, 0.15) is 39.5 Å². The maximum atomic E-state index is 10.0. The van der Waals surface area contributed by atoms with Crippen LogP contribution in [0.15, 0.2) is 12.2 Å². The van der Waals surface area contributed by atoms with Gasteiger partial charge in [0.2, 0.25) is 0 Å². The first kappa shape index (κ1) is 15.3. The number of carbonyl (C=O) groups excluding carboxylic acids is 2. The summed E-state index contributed by atoms with van der Waals surface area (Å²) in [4.78, 5) is 20.1. The van der Waals surface area contributed by atoms with E-state index in [1.165, 1.54) is 37.8 Å². The highest BCUT2D eigenvalue weighted by Gasteiger charge is 2.06. The Hall–Kier alpha value is -1.16. The molecule has 82 valence electrons. The molecule has 0 atom stereocenters. The minimum atomic E-state index is -0.329. The molecule has 2 amide bonds. The summed E-state index contributed by atoms with van der Waals surface area (Å²) < 4.78 is 0. The van der Waals surface area contributed by atoms with Crippen LogP contribution in [-0.2, 0) is 9.59 Å². The van der Waals surface area contributed by atoms with Crippen LogP contribution in [0.2, 0.25) is 0 Å². The molecule has 1 aliphatic rings. The number of unbranched alkanes of at least 4 members (excludes halogenated alkanes) is 3. The molecule has 14 heavy (non-hydrogen) atoms. The van der Waals surface area contributed by atoms with Crippen molar-refractivity contribution in [2.75, 3.05) is 0 Å². The van der Waals surface area contributed by atoms with Crippen molar-refractivity contribution in [2.24, 2.45) is 0 Å². The lowest BCUT2D eigenvalue weighted by Gasteiger charge is -1.86. The number of amides is 2. The van der Waals surface area contributed by atoms with Gasteiger partial charge in [-0.05, 0) is 0 Å². The number of hydrogen-bond acceptors (Lipinski definition) is 3. The number of nitrogens with one attached hydrogen (secondary N) is 1. The first-order valence-electron chi connectivity index (χ1n) is 4.73. The summed E-state index contributed by atoms with van der Waals surface area (Å²) in [5.74, 6) is -0.657. The Labute approximate surface area is 85.3 Å². The van der Waals surface area contributed by atoms with Crippen LogP contribution in [-0.4, -0.2) is 11.8 Å². The van der Waals surface area contributed by atoms with Crippen molar-refractivity contribution in [3.05, 3.63) is 12.2 Å². The van der Waals surface area contributed by atoms with Gasteiger partial charge in [-0.2, -0.15) is 0 Å². The van der Waals surface area contributed by atoms with Gasteiger partial charge in [-0.3, -0.25) is 14.9 Å². The van der Waals surface area contributed by atoms with Crippen molar-refractivity contribution < 1.29 is 9.59 Å². The van der Waals surface area contributed by atoms with Crippen molar-refractivity contribution in [2.45, 2.75) is 39.5 Å². The topological polar surface area (TPSA) is 81.2 Å². The van der Waals surface area contributed by atoms with E-state index < -0.39 is 0 Å². The molecule has 0 aromatic heterocycles. The molecule has 0 saturated carbocycles. The van der Waals surface area contributed by atoms with E-state index in [-0.39, 0.29) is 18.0 Å². The van der Waals surface area contributed by atoms with Gasteiger partial charge in [0.15, 0.2) is 0 Å². The Morgan fingerprint density at radius 3 is 1.50 bits per heavy atom. The van der Waals surface area contributed by atoms with Gasteiger partial charge in [0.25, 0.3) is 11.8 Å². The standard InChI is InChI=1S/C6H14.C4H3NO2.H3N/c1-3-5-6-4-2;6-3-1-2-4(7)5-3;/h3-6H2,1-2H3;1-2H,(H,5,6,7);1H3. The Bertz CT molecular complexity index is 180. The third-order valence-corrected chi connectivity index (χ3v) is 1.59. The SMILES string of the molecule is CCCCCC.N.O=C1C=CC(=O)N1. The summed E-state index contributed by atoms with van der Waals surface area (Å²) >= 11 is 0. The summed E-state index contributed by atoms with van der Waals surface area (Å²) in [6.07, 6.45) is 7.93. The van der Waals surface area contributed by atoms with E-state index in [1.807, 2.05) is 5.32 Å². The lowest BCUT2D eigenvalue weighted by molar-refractivity contribution is -0.123. The average molecular weight is 200 g/mol. The summed E-state index contributed by atoms with van der Waals surface area (Å²) in [5, 5.41) is 2.03. The summed E-state index contributed by atoms with van der Waals surface area (Å²) in [6, 6.07) is 0. The van der Waals surface area contributed by atoms with Crippen LogP contribution in [0.25, 0.3) is 0 Å². The van der Waals surface area contributed by atoms with Crippen LogP contribution >= 0.6 is 0 Å². The quantitative estimate of drug-likeness (QED) is 0.539. The maximum Gasteiger partial charge on any atom is 0.250 e. The Morgan fingerprint density at radius 2 is 1.36 bits per heavy atom. The molecule has 0 saturated heterocycles. The number of hydrogen-bond donors (Lipinski definition) is 2. The molecule has 0 aromatic rings. The maximum absolute atomic E-state index is 10.0. The monoisotopic (exact) mass is 200 g/mol. The van der Waals surface area contributed by atoms with Gasteiger partial charge in [-0.25, -0.2) is 0 Å². The number of imide groups is 1. The first-order valence-corrected chi connectivity index (χ1v) is 4.73. The molecular formula is C10H20N2O2.